The van der Waals surface area contributed by atoms with Crippen molar-refractivity contribution < 1.29 is 9.90 Å². The van der Waals surface area contributed by atoms with Gasteiger partial charge in [0.1, 0.15) is 5.69 Å². The van der Waals surface area contributed by atoms with Crippen LogP contribution in [0.1, 0.15) is 29.0 Å². The van der Waals surface area contributed by atoms with Gasteiger partial charge in [-0.1, -0.05) is 0 Å². The van der Waals surface area contributed by atoms with E-state index in [2.05, 4.69) is 15.3 Å². The lowest BCUT2D eigenvalue weighted by Crippen LogP contribution is -2.33. The Morgan fingerprint density at radius 3 is 2.88 bits per heavy atom. The summed E-state index contributed by atoms with van der Waals surface area (Å²) in [5, 5.41) is 12.2. The van der Waals surface area contributed by atoms with Gasteiger partial charge in [0.2, 0.25) is 0 Å². The zero-order valence-corrected chi connectivity index (χ0v) is 9.18. The molecule has 1 amide bonds. The van der Waals surface area contributed by atoms with Gasteiger partial charge < -0.3 is 10.4 Å². The van der Waals surface area contributed by atoms with E-state index in [4.69, 9.17) is 0 Å². The first kappa shape index (κ1) is 11.0. The highest BCUT2D eigenvalue weighted by atomic mass is 16.3. The molecule has 1 aliphatic rings. The molecule has 1 heterocycles. The van der Waals surface area contributed by atoms with Crippen LogP contribution in [0.4, 0.5) is 0 Å². The number of aliphatic hydroxyl groups excluding tert-OH is 1. The van der Waals surface area contributed by atoms with E-state index in [1.54, 1.807) is 6.20 Å². The van der Waals surface area contributed by atoms with Crippen molar-refractivity contribution in [3.8, 4) is 0 Å². The van der Waals surface area contributed by atoms with Crippen molar-refractivity contribution in [1.29, 1.82) is 0 Å². The molecule has 1 aromatic rings. The number of carbonyl (C=O) groups is 1. The van der Waals surface area contributed by atoms with Gasteiger partial charge in [-0.05, 0) is 25.7 Å². The Morgan fingerprint density at radius 2 is 2.31 bits per heavy atom. The minimum atomic E-state index is -0.428. The van der Waals surface area contributed by atoms with Crippen molar-refractivity contribution in [3.05, 3.63) is 23.8 Å². The van der Waals surface area contributed by atoms with Gasteiger partial charge in [0, 0.05) is 12.7 Å². The van der Waals surface area contributed by atoms with Gasteiger partial charge >= 0.3 is 0 Å². The van der Waals surface area contributed by atoms with E-state index in [1.807, 2.05) is 6.92 Å². The quantitative estimate of drug-likeness (QED) is 0.766. The van der Waals surface area contributed by atoms with Gasteiger partial charge in [-0.2, -0.15) is 0 Å². The summed E-state index contributed by atoms with van der Waals surface area (Å²) in [4.78, 5) is 19.5. The smallest absolute Gasteiger partial charge is 0.271 e. The molecule has 0 spiro atoms. The van der Waals surface area contributed by atoms with Crippen LogP contribution in [0.25, 0.3) is 0 Å². The summed E-state index contributed by atoms with van der Waals surface area (Å²) in [5.74, 6) is 0.0802. The predicted octanol–water partition coefficient (Wildman–Crippen LogP) is 0.286. The van der Waals surface area contributed by atoms with Crippen LogP contribution in [0.15, 0.2) is 12.4 Å². The maximum Gasteiger partial charge on any atom is 0.271 e. The molecule has 16 heavy (non-hydrogen) atoms. The maximum atomic E-state index is 11.6. The number of amides is 1. The number of rotatable bonds is 4. The van der Waals surface area contributed by atoms with E-state index in [1.165, 1.54) is 6.20 Å². The summed E-state index contributed by atoms with van der Waals surface area (Å²) >= 11 is 0. The van der Waals surface area contributed by atoms with E-state index < -0.39 is 6.10 Å². The highest BCUT2D eigenvalue weighted by Crippen LogP contribution is 2.32. The van der Waals surface area contributed by atoms with Gasteiger partial charge in [-0.25, -0.2) is 4.98 Å². The highest BCUT2D eigenvalue weighted by molar-refractivity contribution is 5.91. The molecule has 0 radical (unpaired) electrons. The van der Waals surface area contributed by atoms with Crippen molar-refractivity contribution in [1.82, 2.24) is 15.3 Å². The summed E-state index contributed by atoms with van der Waals surface area (Å²) in [5.41, 5.74) is 1.06. The SMILES string of the molecule is Cc1cnc(C(=O)NCC(O)C2CC2)cn1. The van der Waals surface area contributed by atoms with Gasteiger partial charge in [0.15, 0.2) is 0 Å². The lowest BCUT2D eigenvalue weighted by atomic mass is 10.2. The Morgan fingerprint density at radius 1 is 1.56 bits per heavy atom. The summed E-state index contributed by atoms with van der Waals surface area (Å²) in [6.45, 7) is 2.10. The van der Waals surface area contributed by atoms with Crippen LogP contribution in [-0.4, -0.2) is 33.6 Å². The molecule has 0 saturated heterocycles. The zero-order valence-electron chi connectivity index (χ0n) is 9.18. The predicted molar refractivity (Wildman–Crippen MR) is 57.8 cm³/mol. The molecule has 1 unspecified atom stereocenters. The van der Waals surface area contributed by atoms with Crippen LogP contribution in [0.3, 0.4) is 0 Å². The minimum absolute atomic E-state index is 0.285. The number of aromatic nitrogens is 2. The molecule has 1 aromatic heterocycles. The maximum absolute atomic E-state index is 11.6. The highest BCUT2D eigenvalue weighted by Gasteiger charge is 2.29. The Bertz CT molecular complexity index is 373. The summed E-state index contributed by atoms with van der Waals surface area (Å²) in [6, 6.07) is 0. The van der Waals surface area contributed by atoms with Gasteiger partial charge in [-0.3, -0.25) is 9.78 Å². The van der Waals surface area contributed by atoms with E-state index in [0.29, 0.717) is 12.5 Å². The average molecular weight is 221 g/mol. The van der Waals surface area contributed by atoms with Crippen molar-refractivity contribution in [3.63, 3.8) is 0 Å². The second-order valence-electron chi connectivity index (χ2n) is 4.16. The van der Waals surface area contributed by atoms with Crippen LogP contribution in [0.5, 0.6) is 0 Å². The first-order chi connectivity index (χ1) is 7.66. The molecule has 2 N–H and O–H groups in total. The molecule has 1 atom stereocenters. The lowest BCUT2D eigenvalue weighted by Gasteiger charge is -2.09. The Balaban J connectivity index is 1.85. The Hall–Kier alpha value is -1.49. The van der Waals surface area contributed by atoms with Crippen molar-refractivity contribution in [2.75, 3.05) is 6.54 Å². The van der Waals surface area contributed by atoms with Crippen molar-refractivity contribution in [2.24, 2.45) is 5.92 Å². The third-order valence-corrected chi connectivity index (χ3v) is 2.65. The number of nitrogens with zero attached hydrogens (tertiary/aromatic N) is 2. The number of aliphatic hydroxyl groups is 1. The normalized spacial score (nSPS) is 16.9. The van der Waals surface area contributed by atoms with Crippen LogP contribution in [0.2, 0.25) is 0 Å². The first-order valence-electron chi connectivity index (χ1n) is 5.41. The molecule has 5 nitrogen and oxygen atoms in total. The molecule has 86 valence electrons. The fourth-order valence-corrected chi connectivity index (χ4v) is 1.45. The fraction of sp³-hybridized carbons (Fsp3) is 0.545. The second-order valence-corrected chi connectivity index (χ2v) is 4.16. The minimum Gasteiger partial charge on any atom is -0.391 e. The summed E-state index contributed by atoms with van der Waals surface area (Å²) < 4.78 is 0. The number of nitrogens with one attached hydrogen (secondary N) is 1. The van der Waals surface area contributed by atoms with Crippen LogP contribution in [0, 0.1) is 12.8 Å². The molecule has 0 aliphatic heterocycles. The van der Waals surface area contributed by atoms with E-state index in [9.17, 15) is 9.90 Å². The average Bonchev–Trinajstić information content (AvgIpc) is 3.10. The van der Waals surface area contributed by atoms with Crippen LogP contribution < -0.4 is 5.32 Å². The largest absolute Gasteiger partial charge is 0.391 e. The van der Waals surface area contributed by atoms with Crippen LogP contribution in [-0.2, 0) is 0 Å². The standard InChI is InChI=1S/C11H15N3O2/c1-7-4-13-9(5-12-7)11(16)14-6-10(15)8-2-3-8/h4-5,8,10,15H,2-3,6H2,1H3,(H,14,16). The lowest BCUT2D eigenvalue weighted by molar-refractivity contribution is 0.0896. The molecule has 2 rings (SSSR count). The molecular weight excluding hydrogens is 206 g/mol. The third kappa shape index (κ3) is 2.76. The Kier molecular flexibility index (Phi) is 3.14. The third-order valence-electron chi connectivity index (χ3n) is 2.65. The molecule has 0 bridgehead atoms. The number of aryl methyl sites for hydroxylation is 1. The van der Waals surface area contributed by atoms with Crippen molar-refractivity contribution >= 4 is 5.91 Å². The molecule has 0 aromatic carbocycles. The summed E-state index contributed by atoms with van der Waals surface area (Å²) in [7, 11) is 0. The molecule has 1 aliphatic carbocycles. The van der Waals surface area contributed by atoms with E-state index >= 15 is 0 Å². The monoisotopic (exact) mass is 221 g/mol. The fourth-order valence-electron chi connectivity index (χ4n) is 1.45. The number of carbonyl (C=O) groups excluding carboxylic acids is 1. The van der Waals surface area contributed by atoms with Crippen LogP contribution >= 0.6 is 0 Å². The van der Waals surface area contributed by atoms with Crippen molar-refractivity contribution in [2.45, 2.75) is 25.9 Å². The summed E-state index contributed by atoms with van der Waals surface area (Å²) in [6.07, 6.45) is 4.67. The van der Waals surface area contributed by atoms with Gasteiger partial charge in [-0.15, -0.1) is 0 Å². The topological polar surface area (TPSA) is 75.1 Å². The molecule has 5 heteroatoms. The first-order valence-corrected chi connectivity index (χ1v) is 5.41. The number of hydrogen-bond acceptors (Lipinski definition) is 4. The van der Waals surface area contributed by atoms with E-state index in [-0.39, 0.29) is 11.6 Å². The molecule has 1 fully saturated rings. The zero-order chi connectivity index (χ0) is 11.5. The molecular formula is C11H15N3O2. The Labute approximate surface area is 93.9 Å². The van der Waals surface area contributed by atoms with Gasteiger partial charge in [0.25, 0.3) is 5.91 Å². The number of hydrogen-bond donors (Lipinski definition) is 2. The van der Waals surface area contributed by atoms with E-state index in [0.717, 1.165) is 18.5 Å². The molecule has 1 saturated carbocycles. The van der Waals surface area contributed by atoms with Gasteiger partial charge in [0.05, 0.1) is 18.0 Å². The second kappa shape index (κ2) is 4.57.